The van der Waals surface area contributed by atoms with E-state index in [1.807, 2.05) is 60.2 Å². The van der Waals surface area contributed by atoms with Crippen LogP contribution in [0, 0.1) is 6.92 Å². The van der Waals surface area contributed by atoms with E-state index in [9.17, 15) is 0 Å². The van der Waals surface area contributed by atoms with Crippen LogP contribution < -0.4 is 5.32 Å². The molecule has 0 unspecified atom stereocenters. The average molecular weight is 318 g/mol. The molecule has 21 heavy (non-hydrogen) atoms. The van der Waals surface area contributed by atoms with E-state index >= 15 is 0 Å². The van der Waals surface area contributed by atoms with Gasteiger partial charge in [0.1, 0.15) is 0 Å². The lowest BCUT2D eigenvalue weighted by Crippen LogP contribution is -2.02. The zero-order chi connectivity index (χ0) is 14.8. The van der Waals surface area contributed by atoms with Gasteiger partial charge >= 0.3 is 0 Å². The number of aryl methyl sites for hydroxylation is 1. The summed E-state index contributed by atoms with van der Waals surface area (Å²) in [5, 5.41) is 4.38. The quantitative estimate of drug-likeness (QED) is 0.716. The number of halogens is 2. The number of nitrogens with one attached hydrogen (secondary N) is 1. The molecule has 5 heteroatoms. The van der Waals surface area contributed by atoms with E-state index in [4.69, 9.17) is 23.2 Å². The maximum absolute atomic E-state index is 6.33. The summed E-state index contributed by atoms with van der Waals surface area (Å²) in [5.74, 6) is 0.663. The molecule has 0 amide bonds. The summed E-state index contributed by atoms with van der Waals surface area (Å²) in [6.07, 6.45) is 3.61. The molecule has 1 N–H and O–H groups in total. The van der Waals surface area contributed by atoms with Crippen LogP contribution in [-0.4, -0.2) is 9.55 Å². The van der Waals surface area contributed by atoms with Crippen LogP contribution in [0.3, 0.4) is 0 Å². The summed E-state index contributed by atoms with van der Waals surface area (Å²) in [6.45, 7) is 1.94. The third-order valence-corrected chi connectivity index (χ3v) is 4.00. The maximum atomic E-state index is 6.33. The minimum absolute atomic E-state index is 0.563. The third kappa shape index (κ3) is 2.75. The molecule has 0 fully saturated rings. The van der Waals surface area contributed by atoms with Gasteiger partial charge in [0, 0.05) is 18.1 Å². The van der Waals surface area contributed by atoms with Crippen molar-refractivity contribution < 1.29 is 0 Å². The van der Waals surface area contributed by atoms with Gasteiger partial charge in [0.25, 0.3) is 0 Å². The second-order valence-electron chi connectivity index (χ2n) is 4.63. The number of benzene rings is 2. The number of nitrogens with zero attached hydrogens (tertiary/aromatic N) is 2. The Labute approximate surface area is 133 Å². The Morgan fingerprint density at radius 2 is 1.81 bits per heavy atom. The van der Waals surface area contributed by atoms with Gasteiger partial charge in [-0.25, -0.2) is 4.98 Å². The number of para-hydroxylation sites is 1. The Balaban J connectivity index is 2.02. The molecule has 0 bridgehead atoms. The van der Waals surface area contributed by atoms with Crippen molar-refractivity contribution in [1.82, 2.24) is 9.55 Å². The minimum Gasteiger partial charge on any atom is -0.323 e. The molecule has 0 aliphatic carbocycles. The molecule has 2 aromatic carbocycles. The lowest BCUT2D eigenvalue weighted by atomic mass is 10.2. The first-order valence-corrected chi connectivity index (χ1v) is 7.23. The fourth-order valence-electron chi connectivity index (χ4n) is 2.08. The molecular weight excluding hydrogens is 305 g/mol. The van der Waals surface area contributed by atoms with Crippen molar-refractivity contribution in [3.8, 4) is 5.69 Å². The van der Waals surface area contributed by atoms with Crippen LogP contribution in [0.1, 0.15) is 5.56 Å². The van der Waals surface area contributed by atoms with Crippen molar-refractivity contribution in [2.45, 2.75) is 6.92 Å². The van der Waals surface area contributed by atoms with E-state index in [1.54, 1.807) is 6.20 Å². The summed E-state index contributed by atoms with van der Waals surface area (Å²) in [5.41, 5.74) is 2.64. The van der Waals surface area contributed by atoms with E-state index in [2.05, 4.69) is 10.3 Å². The van der Waals surface area contributed by atoms with Gasteiger partial charge in [0.2, 0.25) is 5.95 Å². The second-order valence-corrected chi connectivity index (χ2v) is 5.42. The topological polar surface area (TPSA) is 29.9 Å². The summed E-state index contributed by atoms with van der Waals surface area (Å²) in [4.78, 5) is 4.33. The smallest absolute Gasteiger partial charge is 0.212 e. The number of hydrogen-bond acceptors (Lipinski definition) is 2. The fraction of sp³-hybridized carbons (Fsp3) is 0.0625. The third-order valence-electron chi connectivity index (χ3n) is 3.20. The van der Waals surface area contributed by atoms with Gasteiger partial charge in [0.15, 0.2) is 0 Å². The number of hydrogen-bond donors (Lipinski definition) is 1. The number of anilines is 2. The van der Waals surface area contributed by atoms with Crippen LogP contribution in [0.15, 0.2) is 54.9 Å². The zero-order valence-corrected chi connectivity index (χ0v) is 12.9. The highest BCUT2D eigenvalue weighted by molar-refractivity contribution is 6.39. The van der Waals surface area contributed by atoms with E-state index in [-0.39, 0.29) is 0 Å². The first-order valence-electron chi connectivity index (χ1n) is 6.47. The molecular formula is C16H13Cl2N3. The van der Waals surface area contributed by atoms with Crippen LogP contribution >= 0.6 is 23.2 Å². The molecule has 1 aromatic heterocycles. The largest absolute Gasteiger partial charge is 0.323 e. The number of rotatable bonds is 3. The van der Waals surface area contributed by atoms with Gasteiger partial charge in [-0.1, -0.05) is 47.5 Å². The van der Waals surface area contributed by atoms with Crippen molar-refractivity contribution in [1.29, 1.82) is 0 Å². The van der Waals surface area contributed by atoms with Crippen LogP contribution in [0.5, 0.6) is 0 Å². The molecule has 0 radical (unpaired) electrons. The Hall–Kier alpha value is -1.97. The van der Waals surface area contributed by atoms with Gasteiger partial charge < -0.3 is 5.32 Å². The first-order chi connectivity index (χ1) is 10.2. The predicted molar refractivity (Wildman–Crippen MR) is 88.0 cm³/mol. The van der Waals surface area contributed by atoms with Gasteiger partial charge in [-0.05, 0) is 30.7 Å². The lowest BCUT2D eigenvalue weighted by molar-refractivity contribution is 1.06. The average Bonchev–Trinajstić information content (AvgIpc) is 2.97. The highest BCUT2D eigenvalue weighted by atomic mass is 35.5. The number of aromatic nitrogens is 2. The molecule has 106 valence electrons. The molecule has 3 nitrogen and oxygen atoms in total. The molecule has 0 saturated heterocycles. The molecule has 0 saturated carbocycles. The zero-order valence-electron chi connectivity index (χ0n) is 11.3. The van der Waals surface area contributed by atoms with Crippen LogP contribution in [0.2, 0.25) is 10.0 Å². The Morgan fingerprint density at radius 1 is 1.05 bits per heavy atom. The summed E-state index contributed by atoms with van der Waals surface area (Å²) < 4.78 is 1.94. The first kappa shape index (κ1) is 14.0. The summed E-state index contributed by atoms with van der Waals surface area (Å²) >= 11 is 12.6. The van der Waals surface area contributed by atoms with Gasteiger partial charge in [0.05, 0.1) is 15.7 Å². The molecule has 0 aliphatic rings. The van der Waals surface area contributed by atoms with E-state index in [1.165, 1.54) is 0 Å². The van der Waals surface area contributed by atoms with E-state index in [0.29, 0.717) is 21.7 Å². The Morgan fingerprint density at radius 3 is 2.57 bits per heavy atom. The van der Waals surface area contributed by atoms with Crippen molar-refractivity contribution in [2.75, 3.05) is 5.32 Å². The molecule has 0 atom stereocenters. The Kier molecular flexibility index (Phi) is 3.86. The molecule has 3 aromatic rings. The highest BCUT2D eigenvalue weighted by Crippen LogP contribution is 2.35. The normalized spacial score (nSPS) is 10.6. The van der Waals surface area contributed by atoms with Crippen LogP contribution in [0.25, 0.3) is 5.69 Å². The Bertz CT molecular complexity index is 766. The highest BCUT2D eigenvalue weighted by Gasteiger charge is 2.12. The van der Waals surface area contributed by atoms with Crippen LogP contribution in [-0.2, 0) is 0 Å². The molecule has 1 heterocycles. The SMILES string of the molecule is Cc1ccc(Cl)c(Nc2nccn2-c2ccccc2)c1Cl. The van der Waals surface area contributed by atoms with Crippen molar-refractivity contribution in [3.63, 3.8) is 0 Å². The maximum Gasteiger partial charge on any atom is 0.212 e. The fourth-order valence-corrected chi connectivity index (χ4v) is 2.54. The van der Waals surface area contributed by atoms with Crippen LogP contribution in [0.4, 0.5) is 11.6 Å². The molecule has 3 rings (SSSR count). The monoisotopic (exact) mass is 317 g/mol. The predicted octanol–water partition coefficient (Wildman–Crippen LogP) is 5.23. The molecule has 0 spiro atoms. The number of imidazole rings is 1. The molecule has 0 aliphatic heterocycles. The van der Waals surface area contributed by atoms with Gasteiger partial charge in [-0.2, -0.15) is 0 Å². The van der Waals surface area contributed by atoms with Crippen molar-refractivity contribution in [3.05, 3.63) is 70.5 Å². The second kappa shape index (κ2) is 5.80. The van der Waals surface area contributed by atoms with Crippen molar-refractivity contribution >= 4 is 34.8 Å². The van der Waals surface area contributed by atoms with E-state index in [0.717, 1.165) is 11.3 Å². The summed E-state index contributed by atoms with van der Waals surface area (Å²) in [6, 6.07) is 13.7. The lowest BCUT2D eigenvalue weighted by Gasteiger charge is -2.13. The van der Waals surface area contributed by atoms with Gasteiger partial charge in [-0.15, -0.1) is 0 Å². The van der Waals surface area contributed by atoms with Crippen molar-refractivity contribution in [2.24, 2.45) is 0 Å². The van der Waals surface area contributed by atoms with E-state index < -0.39 is 0 Å². The minimum atomic E-state index is 0.563. The standard InChI is InChI=1S/C16H13Cl2N3/c1-11-7-8-13(17)15(14(11)18)20-16-19-9-10-21(16)12-5-3-2-4-6-12/h2-10H,1H3,(H,19,20). The summed E-state index contributed by atoms with van der Waals surface area (Å²) in [7, 11) is 0. The van der Waals surface area contributed by atoms with Gasteiger partial charge in [-0.3, -0.25) is 4.57 Å².